The Labute approximate surface area is 107 Å². The summed E-state index contributed by atoms with van der Waals surface area (Å²) >= 11 is 1.55. The van der Waals surface area contributed by atoms with Gasteiger partial charge in [0.1, 0.15) is 5.75 Å². The fourth-order valence-electron chi connectivity index (χ4n) is 1.64. The molecule has 1 unspecified atom stereocenters. The summed E-state index contributed by atoms with van der Waals surface area (Å²) < 4.78 is 28.4. The van der Waals surface area contributed by atoms with Crippen LogP contribution < -0.4 is 4.74 Å². The highest BCUT2D eigenvalue weighted by Crippen LogP contribution is 2.24. The van der Waals surface area contributed by atoms with Gasteiger partial charge in [-0.1, -0.05) is 18.2 Å². The van der Waals surface area contributed by atoms with Gasteiger partial charge in [0.25, 0.3) is 0 Å². The zero-order valence-electron chi connectivity index (χ0n) is 9.42. The number of hydrogen-bond acceptors (Lipinski definition) is 3. The Morgan fingerprint density at radius 2 is 2.06 bits per heavy atom. The first-order valence-electron chi connectivity index (χ1n) is 5.40. The average molecular weight is 270 g/mol. The van der Waals surface area contributed by atoms with E-state index in [-0.39, 0.29) is 5.75 Å². The Bertz CT molecular complexity index is 485. The summed E-state index contributed by atoms with van der Waals surface area (Å²) in [7, 11) is 0. The van der Waals surface area contributed by atoms with E-state index in [0.717, 1.165) is 4.88 Å². The quantitative estimate of drug-likeness (QED) is 0.899. The highest BCUT2D eigenvalue weighted by Gasteiger charge is 2.11. The Morgan fingerprint density at radius 3 is 2.72 bits per heavy atom. The van der Waals surface area contributed by atoms with Crippen LogP contribution in [-0.2, 0) is 6.42 Å². The van der Waals surface area contributed by atoms with Crippen LogP contribution in [0, 0.1) is 0 Å². The minimum atomic E-state index is -2.85. The summed E-state index contributed by atoms with van der Waals surface area (Å²) in [4.78, 5) is 1.04. The third kappa shape index (κ3) is 3.51. The molecule has 18 heavy (non-hydrogen) atoms. The predicted octanol–water partition coefficient (Wildman–Crippen LogP) is 3.63. The van der Waals surface area contributed by atoms with Gasteiger partial charge in [0.05, 0.1) is 6.10 Å². The number of aliphatic hydroxyl groups excluding tert-OH is 1. The zero-order chi connectivity index (χ0) is 13.0. The number of benzene rings is 1. The zero-order valence-corrected chi connectivity index (χ0v) is 10.2. The summed E-state index contributed by atoms with van der Waals surface area (Å²) in [5.41, 5.74) is 0.571. The van der Waals surface area contributed by atoms with E-state index in [0.29, 0.717) is 12.0 Å². The molecule has 0 fully saturated rings. The number of alkyl halides is 2. The number of aliphatic hydroxyl groups is 1. The van der Waals surface area contributed by atoms with Gasteiger partial charge < -0.3 is 9.84 Å². The first-order chi connectivity index (χ1) is 8.65. The normalized spacial score (nSPS) is 12.7. The molecule has 0 aliphatic rings. The molecule has 0 radical (unpaired) electrons. The number of halogens is 2. The van der Waals surface area contributed by atoms with Crippen molar-refractivity contribution in [2.24, 2.45) is 0 Å². The molecular formula is C13H12F2O2S. The summed E-state index contributed by atoms with van der Waals surface area (Å²) in [6.45, 7) is -2.85. The highest BCUT2D eigenvalue weighted by molar-refractivity contribution is 7.09. The maximum atomic E-state index is 12.1. The van der Waals surface area contributed by atoms with Gasteiger partial charge in [0.2, 0.25) is 0 Å². The second-order valence-electron chi connectivity index (χ2n) is 3.75. The van der Waals surface area contributed by atoms with Crippen LogP contribution in [0.5, 0.6) is 5.75 Å². The van der Waals surface area contributed by atoms with Crippen molar-refractivity contribution in [2.45, 2.75) is 19.1 Å². The van der Waals surface area contributed by atoms with E-state index in [1.54, 1.807) is 23.5 Å². The van der Waals surface area contributed by atoms with E-state index in [9.17, 15) is 13.9 Å². The molecule has 2 nitrogen and oxygen atoms in total. The van der Waals surface area contributed by atoms with Crippen LogP contribution in [0.4, 0.5) is 8.78 Å². The average Bonchev–Trinajstić information content (AvgIpc) is 2.81. The van der Waals surface area contributed by atoms with Gasteiger partial charge in [-0.2, -0.15) is 8.78 Å². The molecule has 1 aromatic carbocycles. The highest BCUT2D eigenvalue weighted by atomic mass is 32.1. The molecule has 1 N–H and O–H groups in total. The summed E-state index contributed by atoms with van der Waals surface area (Å²) in [5, 5.41) is 11.9. The Kier molecular flexibility index (Phi) is 4.28. The van der Waals surface area contributed by atoms with Crippen molar-refractivity contribution in [3.8, 4) is 5.75 Å². The predicted molar refractivity (Wildman–Crippen MR) is 66.1 cm³/mol. The van der Waals surface area contributed by atoms with Gasteiger partial charge in [-0.15, -0.1) is 11.3 Å². The van der Waals surface area contributed by atoms with E-state index in [1.807, 2.05) is 17.5 Å². The molecule has 0 aliphatic carbocycles. The minimum Gasteiger partial charge on any atom is -0.435 e. The van der Waals surface area contributed by atoms with Crippen LogP contribution in [0.25, 0.3) is 0 Å². The van der Waals surface area contributed by atoms with Crippen molar-refractivity contribution in [2.75, 3.05) is 0 Å². The molecule has 2 aromatic rings. The molecule has 0 aliphatic heterocycles. The lowest BCUT2D eigenvalue weighted by atomic mass is 10.1. The molecule has 5 heteroatoms. The van der Waals surface area contributed by atoms with E-state index in [4.69, 9.17) is 0 Å². The van der Waals surface area contributed by atoms with Crippen molar-refractivity contribution < 1.29 is 18.6 Å². The Hall–Kier alpha value is -1.46. The second-order valence-corrected chi connectivity index (χ2v) is 4.78. The fraction of sp³-hybridized carbons (Fsp3) is 0.231. The van der Waals surface area contributed by atoms with Gasteiger partial charge in [-0.25, -0.2) is 0 Å². The van der Waals surface area contributed by atoms with Crippen molar-refractivity contribution in [3.05, 3.63) is 52.2 Å². The first-order valence-corrected chi connectivity index (χ1v) is 6.28. The van der Waals surface area contributed by atoms with Gasteiger partial charge in [0.15, 0.2) is 0 Å². The molecule has 1 heterocycles. The molecule has 96 valence electrons. The molecular weight excluding hydrogens is 258 g/mol. The molecule has 0 saturated heterocycles. The van der Waals surface area contributed by atoms with E-state index >= 15 is 0 Å². The van der Waals surface area contributed by atoms with Gasteiger partial charge in [-0.3, -0.25) is 0 Å². The number of hydrogen-bond donors (Lipinski definition) is 1. The standard InChI is InChI=1S/C13H12F2O2S/c14-13(15)17-10-4-1-3-9(7-10)12(16)8-11-5-2-6-18-11/h1-7,12-13,16H,8H2. The molecule has 0 spiro atoms. The van der Waals surface area contributed by atoms with Crippen LogP contribution in [-0.4, -0.2) is 11.7 Å². The largest absolute Gasteiger partial charge is 0.435 e. The maximum absolute atomic E-state index is 12.1. The minimum absolute atomic E-state index is 0.0627. The number of ether oxygens (including phenoxy) is 1. The lowest BCUT2D eigenvalue weighted by molar-refractivity contribution is -0.0499. The summed E-state index contributed by atoms with van der Waals surface area (Å²) in [6, 6.07) is 9.98. The summed E-state index contributed by atoms with van der Waals surface area (Å²) in [6.07, 6.45) is -0.250. The number of thiophene rings is 1. The fourth-order valence-corrected chi connectivity index (χ4v) is 2.38. The van der Waals surface area contributed by atoms with Crippen molar-refractivity contribution in [3.63, 3.8) is 0 Å². The third-order valence-corrected chi connectivity index (χ3v) is 3.34. The van der Waals surface area contributed by atoms with Gasteiger partial charge in [-0.05, 0) is 29.1 Å². The van der Waals surface area contributed by atoms with E-state index in [1.165, 1.54) is 12.1 Å². The molecule has 0 amide bonds. The van der Waals surface area contributed by atoms with Crippen LogP contribution in [0.2, 0.25) is 0 Å². The van der Waals surface area contributed by atoms with Gasteiger partial charge in [0, 0.05) is 11.3 Å². The second kappa shape index (κ2) is 5.93. The summed E-state index contributed by atoms with van der Waals surface area (Å²) in [5.74, 6) is 0.0627. The van der Waals surface area contributed by atoms with Crippen molar-refractivity contribution in [1.82, 2.24) is 0 Å². The molecule has 0 saturated carbocycles. The molecule has 1 aromatic heterocycles. The van der Waals surface area contributed by atoms with Crippen LogP contribution in [0.15, 0.2) is 41.8 Å². The lowest BCUT2D eigenvalue weighted by Gasteiger charge is -2.11. The first kappa shape index (κ1) is 13.0. The van der Waals surface area contributed by atoms with Crippen molar-refractivity contribution >= 4 is 11.3 Å². The Morgan fingerprint density at radius 1 is 1.22 bits per heavy atom. The smallest absolute Gasteiger partial charge is 0.387 e. The molecule has 0 bridgehead atoms. The maximum Gasteiger partial charge on any atom is 0.387 e. The van der Waals surface area contributed by atoms with Crippen LogP contribution in [0.1, 0.15) is 16.5 Å². The third-order valence-electron chi connectivity index (χ3n) is 2.44. The van der Waals surface area contributed by atoms with Gasteiger partial charge >= 0.3 is 6.61 Å². The molecule has 1 atom stereocenters. The van der Waals surface area contributed by atoms with Crippen molar-refractivity contribution in [1.29, 1.82) is 0 Å². The lowest BCUT2D eigenvalue weighted by Crippen LogP contribution is -2.04. The number of rotatable bonds is 5. The van der Waals surface area contributed by atoms with E-state index in [2.05, 4.69) is 4.74 Å². The van der Waals surface area contributed by atoms with E-state index < -0.39 is 12.7 Å². The monoisotopic (exact) mass is 270 g/mol. The van der Waals surface area contributed by atoms with Crippen LogP contribution >= 0.6 is 11.3 Å². The topological polar surface area (TPSA) is 29.5 Å². The Balaban J connectivity index is 2.07. The van der Waals surface area contributed by atoms with Crippen LogP contribution in [0.3, 0.4) is 0 Å². The molecule has 2 rings (SSSR count). The SMILES string of the molecule is OC(Cc1cccs1)c1cccc(OC(F)F)c1.